The number of benzene rings is 1. The summed E-state index contributed by atoms with van der Waals surface area (Å²) in [7, 11) is 1.78. The quantitative estimate of drug-likeness (QED) is 0.903. The molecule has 23 heavy (non-hydrogen) atoms. The summed E-state index contributed by atoms with van der Waals surface area (Å²) in [5.74, 6) is -1.05. The van der Waals surface area contributed by atoms with E-state index in [2.05, 4.69) is 0 Å². The van der Waals surface area contributed by atoms with Gasteiger partial charge in [0.2, 0.25) is 0 Å². The molecule has 0 radical (unpaired) electrons. The highest BCUT2D eigenvalue weighted by Crippen LogP contribution is 2.31. The van der Waals surface area contributed by atoms with E-state index in [0.717, 1.165) is 35.7 Å². The number of aliphatic hydroxyl groups excluding tert-OH is 1. The van der Waals surface area contributed by atoms with Gasteiger partial charge in [-0.3, -0.25) is 4.79 Å². The zero-order valence-corrected chi connectivity index (χ0v) is 13.1. The highest BCUT2D eigenvalue weighted by Gasteiger charge is 2.26. The van der Waals surface area contributed by atoms with Gasteiger partial charge in [-0.25, -0.2) is 4.79 Å². The minimum Gasteiger partial charge on any atom is -0.478 e. The Hall–Kier alpha value is -2.34. The average molecular weight is 316 g/mol. The van der Waals surface area contributed by atoms with E-state index in [9.17, 15) is 19.8 Å². The molecule has 0 saturated carbocycles. The van der Waals surface area contributed by atoms with Gasteiger partial charge in [-0.2, -0.15) is 0 Å². The molecule has 122 valence electrons. The second kappa shape index (κ2) is 6.04. The number of nitrogens with zero attached hydrogens (tertiary/aromatic N) is 2. The number of aromatic nitrogens is 1. The molecule has 2 aromatic rings. The topological polar surface area (TPSA) is 82.8 Å². The van der Waals surface area contributed by atoms with E-state index in [1.807, 2.05) is 4.57 Å². The molecule has 3 rings (SSSR count). The lowest BCUT2D eigenvalue weighted by atomic mass is 10.0. The van der Waals surface area contributed by atoms with Crippen LogP contribution in [0.25, 0.3) is 10.9 Å². The van der Waals surface area contributed by atoms with Gasteiger partial charge in [0, 0.05) is 31.0 Å². The first kappa shape index (κ1) is 15.6. The summed E-state index contributed by atoms with van der Waals surface area (Å²) in [6.45, 7) is 0.949. The molecule has 6 heteroatoms. The molecule has 1 amide bonds. The van der Waals surface area contributed by atoms with Crippen molar-refractivity contribution in [2.24, 2.45) is 0 Å². The van der Waals surface area contributed by atoms with Crippen molar-refractivity contribution < 1.29 is 19.8 Å². The summed E-state index contributed by atoms with van der Waals surface area (Å²) < 4.78 is 1.82. The molecule has 0 unspecified atom stereocenters. The first-order chi connectivity index (χ1) is 11.0. The lowest BCUT2D eigenvalue weighted by molar-refractivity contribution is 0.0696. The maximum atomic E-state index is 12.8. The zero-order valence-electron chi connectivity index (χ0n) is 13.1. The number of fused-ring (bicyclic) bond motifs is 3. The minimum atomic E-state index is -0.982. The van der Waals surface area contributed by atoms with Crippen LogP contribution < -0.4 is 0 Å². The summed E-state index contributed by atoms with van der Waals surface area (Å²) in [5, 5.41) is 19.4. The van der Waals surface area contributed by atoms with E-state index in [1.165, 1.54) is 0 Å². The second-order valence-corrected chi connectivity index (χ2v) is 5.92. The Morgan fingerprint density at radius 2 is 2.09 bits per heavy atom. The molecule has 0 atom stereocenters. The summed E-state index contributed by atoms with van der Waals surface area (Å²) in [6.07, 6.45) is 2.61. The Kier molecular flexibility index (Phi) is 4.09. The molecule has 0 spiro atoms. The van der Waals surface area contributed by atoms with Gasteiger partial charge in [0.1, 0.15) is 5.69 Å². The molecule has 0 aliphatic carbocycles. The number of hydrogen-bond donors (Lipinski definition) is 2. The van der Waals surface area contributed by atoms with E-state index in [0.29, 0.717) is 18.8 Å². The van der Waals surface area contributed by atoms with Crippen LogP contribution >= 0.6 is 0 Å². The van der Waals surface area contributed by atoms with Crippen LogP contribution in [0.1, 0.15) is 39.3 Å². The van der Waals surface area contributed by atoms with Crippen molar-refractivity contribution in [1.82, 2.24) is 9.47 Å². The fourth-order valence-corrected chi connectivity index (χ4v) is 3.32. The van der Waals surface area contributed by atoms with E-state index in [1.54, 1.807) is 30.1 Å². The standard InChI is InChI=1S/C17H20N2O4/c1-18-7-3-2-4-12-13-10-11(17(22)23)5-6-14(13)19(8-9-20)15(12)16(18)21/h5-6,10,20H,2-4,7-9H2,1H3,(H,22,23). The number of carboxylic acid groups (broad SMARTS) is 1. The molecule has 1 aromatic heterocycles. The highest BCUT2D eigenvalue weighted by molar-refractivity contribution is 6.03. The number of rotatable bonds is 3. The number of carbonyl (C=O) groups is 2. The van der Waals surface area contributed by atoms with Crippen molar-refractivity contribution in [3.05, 3.63) is 35.0 Å². The third-order valence-electron chi connectivity index (χ3n) is 4.46. The van der Waals surface area contributed by atoms with Crippen LogP contribution in [0.2, 0.25) is 0 Å². The van der Waals surface area contributed by atoms with Crippen molar-refractivity contribution in [1.29, 1.82) is 0 Å². The van der Waals surface area contributed by atoms with Crippen LogP contribution in [-0.4, -0.2) is 51.8 Å². The first-order valence-corrected chi connectivity index (χ1v) is 7.79. The lowest BCUT2D eigenvalue weighted by Gasteiger charge is -2.22. The number of carbonyl (C=O) groups excluding carboxylic acids is 1. The molecule has 0 fully saturated rings. The van der Waals surface area contributed by atoms with Crippen molar-refractivity contribution in [2.45, 2.75) is 25.8 Å². The van der Waals surface area contributed by atoms with Gasteiger partial charge >= 0.3 is 5.97 Å². The maximum absolute atomic E-state index is 12.8. The van der Waals surface area contributed by atoms with Crippen molar-refractivity contribution in [3.63, 3.8) is 0 Å². The summed E-state index contributed by atoms with van der Waals surface area (Å²) in [4.78, 5) is 25.7. The fraction of sp³-hybridized carbons (Fsp3) is 0.412. The molecular weight excluding hydrogens is 296 g/mol. The van der Waals surface area contributed by atoms with Gasteiger partial charge in [-0.05, 0) is 43.0 Å². The first-order valence-electron chi connectivity index (χ1n) is 7.79. The number of aryl methyl sites for hydroxylation is 1. The second-order valence-electron chi connectivity index (χ2n) is 5.92. The number of amides is 1. The third kappa shape index (κ3) is 2.59. The average Bonchev–Trinajstić information content (AvgIpc) is 2.82. The SMILES string of the molecule is CN1CCCCc2c(n(CCO)c3ccc(C(=O)O)cc23)C1=O. The molecule has 0 bridgehead atoms. The van der Waals surface area contributed by atoms with Crippen LogP contribution in [-0.2, 0) is 13.0 Å². The Balaban J connectivity index is 2.31. The lowest BCUT2D eigenvalue weighted by Crippen LogP contribution is -2.32. The number of carboxylic acids is 1. The Morgan fingerprint density at radius 1 is 1.30 bits per heavy atom. The van der Waals surface area contributed by atoms with Gasteiger partial charge in [-0.15, -0.1) is 0 Å². The van der Waals surface area contributed by atoms with Crippen LogP contribution in [0.15, 0.2) is 18.2 Å². The largest absolute Gasteiger partial charge is 0.478 e. The highest BCUT2D eigenvalue weighted by atomic mass is 16.4. The maximum Gasteiger partial charge on any atom is 0.335 e. The molecule has 6 nitrogen and oxygen atoms in total. The van der Waals surface area contributed by atoms with Gasteiger partial charge in [-0.1, -0.05) is 0 Å². The molecule has 1 aliphatic rings. The van der Waals surface area contributed by atoms with Crippen LogP contribution in [0.5, 0.6) is 0 Å². The van der Waals surface area contributed by atoms with E-state index < -0.39 is 5.97 Å². The molecule has 1 aliphatic heterocycles. The summed E-state index contributed by atoms with van der Waals surface area (Å²) in [5.41, 5.74) is 2.49. The van der Waals surface area contributed by atoms with Gasteiger partial charge in [0.25, 0.3) is 5.91 Å². The number of aromatic carboxylic acids is 1. The summed E-state index contributed by atoms with van der Waals surface area (Å²) in [6, 6.07) is 4.91. The van der Waals surface area contributed by atoms with Crippen LogP contribution in [0, 0.1) is 0 Å². The molecule has 0 saturated heterocycles. The summed E-state index contributed by atoms with van der Waals surface area (Å²) >= 11 is 0. The predicted octanol–water partition coefficient (Wildman–Crippen LogP) is 1.74. The Bertz CT molecular complexity index is 778. The molecule has 2 N–H and O–H groups in total. The van der Waals surface area contributed by atoms with Gasteiger partial charge in [0.15, 0.2) is 0 Å². The molecular formula is C17H20N2O4. The monoisotopic (exact) mass is 316 g/mol. The predicted molar refractivity (Wildman–Crippen MR) is 85.9 cm³/mol. The molecule has 2 heterocycles. The normalized spacial score (nSPS) is 15.4. The third-order valence-corrected chi connectivity index (χ3v) is 4.46. The number of hydrogen-bond acceptors (Lipinski definition) is 3. The van der Waals surface area contributed by atoms with E-state index in [4.69, 9.17) is 0 Å². The van der Waals surface area contributed by atoms with E-state index >= 15 is 0 Å². The van der Waals surface area contributed by atoms with Crippen molar-refractivity contribution in [3.8, 4) is 0 Å². The smallest absolute Gasteiger partial charge is 0.335 e. The van der Waals surface area contributed by atoms with Crippen molar-refractivity contribution in [2.75, 3.05) is 20.2 Å². The van der Waals surface area contributed by atoms with Crippen molar-refractivity contribution >= 4 is 22.8 Å². The minimum absolute atomic E-state index is 0.0683. The Labute approximate surface area is 133 Å². The van der Waals surface area contributed by atoms with Crippen LogP contribution in [0.4, 0.5) is 0 Å². The van der Waals surface area contributed by atoms with Gasteiger partial charge in [0.05, 0.1) is 12.2 Å². The molecule has 1 aromatic carbocycles. The van der Waals surface area contributed by atoms with Crippen LogP contribution in [0.3, 0.4) is 0 Å². The zero-order chi connectivity index (χ0) is 16.6. The number of aliphatic hydroxyl groups is 1. The fourth-order valence-electron chi connectivity index (χ4n) is 3.32. The Morgan fingerprint density at radius 3 is 2.78 bits per heavy atom. The van der Waals surface area contributed by atoms with E-state index in [-0.39, 0.29) is 18.1 Å². The van der Waals surface area contributed by atoms with Gasteiger partial charge < -0.3 is 19.7 Å².